The average molecular weight is 363 g/mol. The molecular weight excluding hydrogens is 341 g/mol. The monoisotopic (exact) mass is 363 g/mol. The van der Waals surface area contributed by atoms with Crippen LogP contribution in [0.2, 0.25) is 0 Å². The third kappa shape index (κ3) is 2.95. The van der Waals surface area contributed by atoms with E-state index in [1.165, 1.54) is 12.1 Å². The summed E-state index contributed by atoms with van der Waals surface area (Å²) < 4.78 is 21.3. The molecule has 3 nitrogen and oxygen atoms in total. The van der Waals surface area contributed by atoms with Gasteiger partial charge in [0.05, 0.1) is 18.4 Å². The van der Waals surface area contributed by atoms with Gasteiger partial charge in [-0.2, -0.15) is 0 Å². The Kier molecular flexibility index (Phi) is 4.14. The standard InChI is InChI=1S/C23H22FNO2/c1-23(2)13-18-20(19(26)14-23)22(27-3)21(15-9-11-16(24)12-10-15)25(18)17-7-5-4-6-8-17/h4-12H,13-14H2,1-3H3. The van der Waals surface area contributed by atoms with Gasteiger partial charge in [0.1, 0.15) is 5.82 Å². The highest BCUT2D eigenvalue weighted by Crippen LogP contribution is 2.46. The Bertz CT molecular complexity index is 1000. The number of benzene rings is 2. The van der Waals surface area contributed by atoms with Gasteiger partial charge in [0.25, 0.3) is 0 Å². The van der Waals surface area contributed by atoms with E-state index in [1.54, 1.807) is 19.2 Å². The molecule has 1 aliphatic carbocycles. The summed E-state index contributed by atoms with van der Waals surface area (Å²) in [6.45, 7) is 4.22. The second kappa shape index (κ2) is 6.38. The lowest BCUT2D eigenvalue weighted by Gasteiger charge is -2.29. The number of hydrogen-bond donors (Lipinski definition) is 0. The first kappa shape index (κ1) is 17.5. The minimum atomic E-state index is -0.294. The number of rotatable bonds is 3. The number of nitrogens with zero attached hydrogens (tertiary/aromatic N) is 1. The van der Waals surface area contributed by atoms with E-state index in [0.717, 1.165) is 29.1 Å². The molecule has 0 amide bonds. The summed E-state index contributed by atoms with van der Waals surface area (Å²) in [5.41, 5.74) is 4.05. The number of hydrogen-bond acceptors (Lipinski definition) is 2. The van der Waals surface area contributed by atoms with Crippen molar-refractivity contribution in [3.8, 4) is 22.7 Å². The van der Waals surface area contributed by atoms with E-state index >= 15 is 0 Å². The van der Waals surface area contributed by atoms with Crippen molar-refractivity contribution in [3.05, 3.63) is 71.7 Å². The number of fused-ring (bicyclic) bond motifs is 1. The third-order valence-electron chi connectivity index (χ3n) is 5.12. The van der Waals surface area contributed by atoms with Gasteiger partial charge in [0, 0.05) is 23.4 Å². The van der Waals surface area contributed by atoms with Crippen LogP contribution in [-0.2, 0) is 6.42 Å². The van der Waals surface area contributed by atoms with Crippen molar-refractivity contribution < 1.29 is 13.9 Å². The first-order valence-corrected chi connectivity index (χ1v) is 9.07. The van der Waals surface area contributed by atoms with Crippen LogP contribution in [0.5, 0.6) is 5.75 Å². The maximum atomic E-state index is 13.5. The Morgan fingerprint density at radius 3 is 2.30 bits per heavy atom. The summed E-state index contributed by atoms with van der Waals surface area (Å²) in [4.78, 5) is 13.0. The summed E-state index contributed by atoms with van der Waals surface area (Å²) in [6, 6.07) is 16.3. The van der Waals surface area contributed by atoms with Crippen LogP contribution >= 0.6 is 0 Å². The summed E-state index contributed by atoms with van der Waals surface area (Å²) >= 11 is 0. The zero-order valence-corrected chi connectivity index (χ0v) is 15.8. The van der Waals surface area contributed by atoms with Crippen LogP contribution in [-0.4, -0.2) is 17.5 Å². The molecule has 0 bridgehead atoms. The molecule has 0 aliphatic heterocycles. The van der Waals surface area contributed by atoms with Gasteiger partial charge >= 0.3 is 0 Å². The lowest BCUT2D eigenvalue weighted by molar-refractivity contribution is 0.0908. The number of methoxy groups -OCH3 is 1. The SMILES string of the molecule is COc1c2c(n(-c3ccccc3)c1-c1ccc(F)cc1)CC(C)(C)CC2=O. The number of carbonyl (C=O) groups is 1. The van der Waals surface area contributed by atoms with Gasteiger partial charge < -0.3 is 9.30 Å². The van der Waals surface area contributed by atoms with Crippen molar-refractivity contribution in [2.45, 2.75) is 26.7 Å². The van der Waals surface area contributed by atoms with Crippen LogP contribution < -0.4 is 4.74 Å². The summed E-state index contributed by atoms with van der Waals surface area (Å²) in [6.07, 6.45) is 1.25. The molecule has 27 heavy (non-hydrogen) atoms. The molecule has 0 saturated heterocycles. The maximum absolute atomic E-state index is 13.5. The molecule has 4 heteroatoms. The fourth-order valence-corrected chi connectivity index (χ4v) is 4.02. The Hall–Kier alpha value is -2.88. The fraction of sp³-hybridized carbons (Fsp3) is 0.261. The van der Waals surface area contributed by atoms with E-state index in [-0.39, 0.29) is 17.0 Å². The Labute approximate surface area is 158 Å². The molecule has 0 N–H and O–H groups in total. The average Bonchev–Trinajstić information content (AvgIpc) is 2.96. The molecule has 2 aromatic carbocycles. The molecule has 4 rings (SSSR count). The highest BCUT2D eigenvalue weighted by Gasteiger charge is 2.38. The van der Waals surface area contributed by atoms with E-state index in [9.17, 15) is 9.18 Å². The maximum Gasteiger partial charge on any atom is 0.169 e. The quantitative estimate of drug-likeness (QED) is 0.620. The van der Waals surface area contributed by atoms with Crippen molar-refractivity contribution in [1.82, 2.24) is 4.57 Å². The number of carbonyl (C=O) groups excluding carboxylic acids is 1. The smallest absolute Gasteiger partial charge is 0.169 e. The zero-order chi connectivity index (χ0) is 19.2. The van der Waals surface area contributed by atoms with Gasteiger partial charge in [-0.1, -0.05) is 32.0 Å². The molecule has 0 saturated carbocycles. The van der Waals surface area contributed by atoms with Gasteiger partial charge in [0.2, 0.25) is 0 Å². The second-order valence-corrected chi connectivity index (χ2v) is 7.82. The van der Waals surface area contributed by atoms with E-state index in [4.69, 9.17) is 4.74 Å². The van der Waals surface area contributed by atoms with E-state index in [0.29, 0.717) is 17.7 Å². The molecule has 1 heterocycles. The minimum Gasteiger partial charge on any atom is -0.494 e. The van der Waals surface area contributed by atoms with Crippen LogP contribution in [0.4, 0.5) is 4.39 Å². The van der Waals surface area contributed by atoms with Gasteiger partial charge in [-0.3, -0.25) is 4.79 Å². The zero-order valence-electron chi connectivity index (χ0n) is 15.8. The van der Waals surface area contributed by atoms with Gasteiger partial charge in [0.15, 0.2) is 11.5 Å². The molecule has 0 spiro atoms. The second-order valence-electron chi connectivity index (χ2n) is 7.82. The van der Waals surface area contributed by atoms with E-state index in [2.05, 4.69) is 18.4 Å². The Morgan fingerprint density at radius 1 is 1.00 bits per heavy atom. The topological polar surface area (TPSA) is 31.2 Å². The number of ketones is 1. The van der Waals surface area contributed by atoms with E-state index in [1.807, 2.05) is 30.3 Å². The molecule has 138 valence electrons. The number of aromatic nitrogens is 1. The van der Waals surface area contributed by atoms with Gasteiger partial charge in [-0.25, -0.2) is 4.39 Å². The molecular formula is C23H22FNO2. The highest BCUT2D eigenvalue weighted by molar-refractivity contribution is 6.04. The van der Waals surface area contributed by atoms with Crippen molar-refractivity contribution in [3.63, 3.8) is 0 Å². The van der Waals surface area contributed by atoms with Crippen molar-refractivity contribution in [1.29, 1.82) is 0 Å². The molecule has 0 unspecified atom stereocenters. The first-order valence-electron chi connectivity index (χ1n) is 9.07. The van der Waals surface area contributed by atoms with Crippen LogP contribution in [0.15, 0.2) is 54.6 Å². The molecule has 3 aromatic rings. The van der Waals surface area contributed by atoms with Crippen LogP contribution in [0.1, 0.15) is 36.3 Å². The van der Waals surface area contributed by atoms with Crippen LogP contribution in [0.3, 0.4) is 0 Å². The summed E-state index contributed by atoms with van der Waals surface area (Å²) in [5, 5.41) is 0. The van der Waals surface area contributed by atoms with Crippen molar-refractivity contribution >= 4 is 5.78 Å². The Morgan fingerprint density at radius 2 is 1.67 bits per heavy atom. The first-order chi connectivity index (χ1) is 12.9. The lowest BCUT2D eigenvalue weighted by atomic mass is 9.76. The van der Waals surface area contributed by atoms with E-state index < -0.39 is 0 Å². The summed E-state index contributed by atoms with van der Waals surface area (Å²) in [7, 11) is 1.59. The number of para-hydroxylation sites is 1. The fourth-order valence-electron chi connectivity index (χ4n) is 4.02. The third-order valence-corrected chi connectivity index (χ3v) is 5.12. The van der Waals surface area contributed by atoms with Crippen LogP contribution in [0.25, 0.3) is 16.9 Å². The largest absolute Gasteiger partial charge is 0.494 e. The molecule has 0 atom stereocenters. The molecule has 0 fully saturated rings. The summed E-state index contributed by atoms with van der Waals surface area (Å²) in [5.74, 6) is 0.370. The predicted octanol–water partition coefficient (Wildman–Crippen LogP) is 5.45. The molecule has 0 radical (unpaired) electrons. The molecule has 1 aromatic heterocycles. The number of Topliss-reactive ketones (excluding diaryl/α,β-unsaturated/α-hetero) is 1. The van der Waals surface area contributed by atoms with Crippen molar-refractivity contribution in [2.24, 2.45) is 5.41 Å². The van der Waals surface area contributed by atoms with Gasteiger partial charge in [-0.15, -0.1) is 0 Å². The normalized spacial score (nSPS) is 15.5. The number of halogens is 1. The lowest BCUT2D eigenvalue weighted by Crippen LogP contribution is -2.28. The predicted molar refractivity (Wildman–Crippen MR) is 104 cm³/mol. The van der Waals surface area contributed by atoms with Gasteiger partial charge in [-0.05, 0) is 48.2 Å². The minimum absolute atomic E-state index is 0.0937. The molecule has 1 aliphatic rings. The van der Waals surface area contributed by atoms with Crippen molar-refractivity contribution in [2.75, 3.05) is 7.11 Å². The number of ether oxygens (including phenoxy) is 1. The Balaban J connectivity index is 2.08. The highest BCUT2D eigenvalue weighted by atomic mass is 19.1. The van der Waals surface area contributed by atoms with Crippen LogP contribution in [0, 0.1) is 11.2 Å².